The number of benzene rings is 1. The lowest BCUT2D eigenvalue weighted by Gasteiger charge is -2.06. The number of unbranched alkanes of at least 4 members (excludes halogenated alkanes) is 1. The number of rotatable bonds is 6. The van der Waals surface area contributed by atoms with Crippen molar-refractivity contribution in [1.82, 2.24) is 0 Å². The minimum Gasteiger partial charge on any atom is -0.330 e. The van der Waals surface area contributed by atoms with E-state index in [9.17, 15) is 4.21 Å². The second-order valence-electron chi connectivity index (χ2n) is 4.27. The van der Waals surface area contributed by atoms with Crippen molar-refractivity contribution in [2.45, 2.75) is 37.5 Å². The monoisotopic (exact) mass is 239 g/mol. The van der Waals surface area contributed by atoms with Gasteiger partial charge in [-0.25, -0.2) is 0 Å². The standard InChI is InChI=1S/C13H21NOS/c1-11(2)12-5-7-13(8-6-12)16(15)10-4-3-9-14/h5-8,11H,3-4,9-10,14H2,1-2H3. The lowest BCUT2D eigenvalue weighted by molar-refractivity contribution is 0.678. The molecule has 0 radical (unpaired) electrons. The zero-order valence-corrected chi connectivity index (χ0v) is 10.9. The van der Waals surface area contributed by atoms with E-state index < -0.39 is 10.8 Å². The largest absolute Gasteiger partial charge is 0.330 e. The number of hydrogen-bond donors (Lipinski definition) is 1. The molecule has 0 bridgehead atoms. The molecule has 1 aromatic rings. The lowest BCUT2D eigenvalue weighted by Crippen LogP contribution is -2.03. The highest BCUT2D eigenvalue weighted by Gasteiger charge is 2.04. The molecule has 0 aliphatic carbocycles. The van der Waals surface area contributed by atoms with Gasteiger partial charge in [0.05, 0.1) is 10.8 Å². The molecule has 0 spiro atoms. The van der Waals surface area contributed by atoms with Gasteiger partial charge in [0.15, 0.2) is 0 Å². The van der Waals surface area contributed by atoms with Crippen molar-refractivity contribution in [3.8, 4) is 0 Å². The third kappa shape index (κ3) is 4.06. The third-order valence-corrected chi connectivity index (χ3v) is 4.05. The van der Waals surface area contributed by atoms with Crippen molar-refractivity contribution in [2.24, 2.45) is 5.73 Å². The van der Waals surface area contributed by atoms with Crippen LogP contribution in [-0.4, -0.2) is 16.5 Å². The fraction of sp³-hybridized carbons (Fsp3) is 0.538. The van der Waals surface area contributed by atoms with Gasteiger partial charge < -0.3 is 5.73 Å². The highest BCUT2D eigenvalue weighted by atomic mass is 32.2. The predicted octanol–water partition coefficient (Wildman–Crippen LogP) is 2.66. The van der Waals surface area contributed by atoms with E-state index in [1.807, 2.05) is 12.1 Å². The maximum atomic E-state index is 11.9. The highest BCUT2D eigenvalue weighted by molar-refractivity contribution is 7.85. The van der Waals surface area contributed by atoms with Crippen LogP contribution in [0.25, 0.3) is 0 Å². The van der Waals surface area contributed by atoms with Crippen LogP contribution in [0.4, 0.5) is 0 Å². The van der Waals surface area contributed by atoms with Gasteiger partial charge in [0.25, 0.3) is 0 Å². The Labute approximate surface area is 101 Å². The van der Waals surface area contributed by atoms with Crippen LogP contribution in [0.2, 0.25) is 0 Å². The molecule has 1 unspecified atom stereocenters. The fourth-order valence-electron chi connectivity index (χ4n) is 1.50. The first-order valence-corrected chi connectivity index (χ1v) is 7.15. The summed E-state index contributed by atoms with van der Waals surface area (Å²) in [6.07, 6.45) is 1.89. The van der Waals surface area contributed by atoms with Gasteiger partial charge >= 0.3 is 0 Å². The van der Waals surface area contributed by atoms with Crippen molar-refractivity contribution in [3.05, 3.63) is 29.8 Å². The first-order valence-electron chi connectivity index (χ1n) is 5.83. The molecule has 0 heterocycles. The molecule has 3 heteroatoms. The molecule has 2 nitrogen and oxygen atoms in total. The van der Waals surface area contributed by atoms with Crippen molar-refractivity contribution in [3.63, 3.8) is 0 Å². The van der Waals surface area contributed by atoms with Gasteiger partial charge in [-0.1, -0.05) is 26.0 Å². The van der Waals surface area contributed by atoms with Crippen LogP contribution in [0.1, 0.15) is 38.2 Å². The molecule has 2 N–H and O–H groups in total. The average molecular weight is 239 g/mol. The molecule has 0 amide bonds. The molecule has 1 aromatic carbocycles. The van der Waals surface area contributed by atoms with Gasteiger partial charge in [0, 0.05) is 10.6 Å². The van der Waals surface area contributed by atoms with Crippen molar-refractivity contribution >= 4 is 10.8 Å². The molecule has 0 saturated carbocycles. The van der Waals surface area contributed by atoms with Crippen LogP contribution in [-0.2, 0) is 10.8 Å². The Kier molecular flexibility index (Phi) is 5.71. The Morgan fingerprint density at radius 1 is 1.19 bits per heavy atom. The average Bonchev–Trinajstić information content (AvgIpc) is 2.29. The smallest absolute Gasteiger partial charge is 0.0529 e. The zero-order valence-electron chi connectivity index (χ0n) is 10.1. The van der Waals surface area contributed by atoms with Gasteiger partial charge in [-0.15, -0.1) is 0 Å². The van der Waals surface area contributed by atoms with E-state index in [0.717, 1.165) is 23.5 Å². The van der Waals surface area contributed by atoms with E-state index in [-0.39, 0.29) is 0 Å². The maximum absolute atomic E-state index is 11.9. The summed E-state index contributed by atoms with van der Waals surface area (Å²) in [5.41, 5.74) is 6.70. The molecule has 0 aliphatic heterocycles. The summed E-state index contributed by atoms with van der Waals surface area (Å²) < 4.78 is 11.9. The molecule has 16 heavy (non-hydrogen) atoms. The Morgan fingerprint density at radius 2 is 1.81 bits per heavy atom. The minimum atomic E-state index is -0.862. The number of hydrogen-bond acceptors (Lipinski definition) is 2. The topological polar surface area (TPSA) is 43.1 Å². The van der Waals surface area contributed by atoms with Gasteiger partial charge in [0.1, 0.15) is 0 Å². The van der Waals surface area contributed by atoms with E-state index >= 15 is 0 Å². The molecule has 1 rings (SSSR count). The molecule has 1 atom stereocenters. The molecule has 90 valence electrons. The van der Waals surface area contributed by atoms with Crippen LogP contribution < -0.4 is 5.73 Å². The van der Waals surface area contributed by atoms with Gasteiger partial charge in [-0.2, -0.15) is 0 Å². The zero-order chi connectivity index (χ0) is 12.0. The summed E-state index contributed by atoms with van der Waals surface area (Å²) in [5, 5.41) is 0. The molecular formula is C13H21NOS. The van der Waals surface area contributed by atoms with E-state index in [0.29, 0.717) is 12.5 Å². The Bertz CT molecular complexity index is 332. The summed E-state index contributed by atoms with van der Waals surface area (Å²) in [6, 6.07) is 8.10. The van der Waals surface area contributed by atoms with Crippen molar-refractivity contribution < 1.29 is 4.21 Å². The maximum Gasteiger partial charge on any atom is 0.0529 e. The van der Waals surface area contributed by atoms with Crippen LogP contribution in [0.15, 0.2) is 29.2 Å². The van der Waals surface area contributed by atoms with Gasteiger partial charge in [0.2, 0.25) is 0 Å². The van der Waals surface area contributed by atoms with E-state index in [2.05, 4.69) is 26.0 Å². The summed E-state index contributed by atoms with van der Waals surface area (Å²) >= 11 is 0. The normalized spacial score (nSPS) is 13.0. The fourth-order valence-corrected chi connectivity index (χ4v) is 2.64. The second-order valence-corrected chi connectivity index (χ2v) is 5.84. The van der Waals surface area contributed by atoms with Crippen molar-refractivity contribution in [1.29, 1.82) is 0 Å². The quantitative estimate of drug-likeness (QED) is 0.776. The SMILES string of the molecule is CC(C)c1ccc(S(=O)CCCCN)cc1. The van der Waals surface area contributed by atoms with E-state index in [1.54, 1.807) is 0 Å². The summed E-state index contributed by atoms with van der Waals surface area (Å²) in [7, 11) is -0.862. The highest BCUT2D eigenvalue weighted by Crippen LogP contribution is 2.16. The summed E-state index contributed by atoms with van der Waals surface area (Å²) in [4.78, 5) is 0.932. The molecule has 0 fully saturated rings. The predicted molar refractivity (Wildman–Crippen MR) is 70.1 cm³/mol. The first kappa shape index (κ1) is 13.4. The molecule has 0 saturated heterocycles. The molecule has 0 aliphatic rings. The summed E-state index contributed by atoms with van der Waals surface area (Å²) in [5.74, 6) is 1.25. The van der Waals surface area contributed by atoms with E-state index in [1.165, 1.54) is 5.56 Å². The van der Waals surface area contributed by atoms with Crippen LogP contribution in [0.5, 0.6) is 0 Å². The Morgan fingerprint density at radius 3 is 2.31 bits per heavy atom. The first-order chi connectivity index (χ1) is 7.65. The molecule has 0 aromatic heterocycles. The second kappa shape index (κ2) is 6.81. The third-order valence-electron chi connectivity index (χ3n) is 2.59. The Balaban J connectivity index is 2.56. The van der Waals surface area contributed by atoms with Crippen molar-refractivity contribution in [2.75, 3.05) is 12.3 Å². The molecular weight excluding hydrogens is 218 g/mol. The minimum absolute atomic E-state index is 0.528. The lowest BCUT2D eigenvalue weighted by atomic mass is 10.0. The van der Waals surface area contributed by atoms with Crippen LogP contribution in [0.3, 0.4) is 0 Å². The van der Waals surface area contributed by atoms with Gasteiger partial charge in [-0.05, 0) is 43.0 Å². The van der Waals surface area contributed by atoms with Crippen LogP contribution in [0, 0.1) is 0 Å². The number of nitrogens with two attached hydrogens (primary N) is 1. The van der Waals surface area contributed by atoms with Gasteiger partial charge in [-0.3, -0.25) is 4.21 Å². The van der Waals surface area contributed by atoms with E-state index in [4.69, 9.17) is 5.73 Å². The van der Waals surface area contributed by atoms with Crippen LogP contribution >= 0.6 is 0 Å². The Hall–Kier alpha value is -0.670. The summed E-state index contributed by atoms with van der Waals surface area (Å²) in [6.45, 7) is 5.00.